The van der Waals surface area contributed by atoms with Gasteiger partial charge in [-0.15, -0.1) is 0 Å². The van der Waals surface area contributed by atoms with Gasteiger partial charge in [0, 0.05) is 43.6 Å². The summed E-state index contributed by atoms with van der Waals surface area (Å²) in [6.07, 6.45) is 6.83. The van der Waals surface area contributed by atoms with Crippen molar-refractivity contribution in [2.24, 2.45) is 5.92 Å². The van der Waals surface area contributed by atoms with Crippen molar-refractivity contribution >= 4 is 0 Å². The molecule has 0 aliphatic carbocycles. The summed E-state index contributed by atoms with van der Waals surface area (Å²) in [5.74, 6) is 2.72. The Hall–Kier alpha value is -0.430. The Labute approximate surface area is 200 Å². The zero-order valence-electron chi connectivity index (χ0n) is 18.3. The van der Waals surface area contributed by atoms with Crippen molar-refractivity contribution in [3.8, 4) is 11.5 Å². The van der Waals surface area contributed by atoms with E-state index >= 15 is 0 Å². The van der Waals surface area contributed by atoms with Crippen LogP contribution in [0.25, 0.3) is 0 Å². The van der Waals surface area contributed by atoms with Crippen molar-refractivity contribution in [3.05, 3.63) is 23.3 Å². The molecular weight excluding hydrogens is 445 g/mol. The number of fused-ring (bicyclic) bond motifs is 1. The van der Waals surface area contributed by atoms with Gasteiger partial charge in [-0.25, -0.2) is 0 Å². The third-order valence-electron chi connectivity index (χ3n) is 7.17. The molecular formula is C22H38Cl3N3O2. The maximum Gasteiger partial charge on any atom is 0.161 e. The molecule has 4 rings (SSSR count). The van der Waals surface area contributed by atoms with E-state index in [9.17, 15) is 0 Å². The third kappa shape index (κ3) is 6.54. The summed E-state index contributed by atoms with van der Waals surface area (Å²) < 4.78 is 11.0. The van der Waals surface area contributed by atoms with Gasteiger partial charge in [-0.1, -0.05) is 0 Å². The van der Waals surface area contributed by atoms with E-state index in [0.717, 1.165) is 36.4 Å². The largest absolute Gasteiger partial charge is 1.00 e. The van der Waals surface area contributed by atoms with E-state index < -0.39 is 0 Å². The van der Waals surface area contributed by atoms with Crippen molar-refractivity contribution in [3.63, 3.8) is 0 Å². The van der Waals surface area contributed by atoms with Crippen LogP contribution in [0.15, 0.2) is 12.1 Å². The van der Waals surface area contributed by atoms with Gasteiger partial charge < -0.3 is 61.8 Å². The van der Waals surface area contributed by atoms with Gasteiger partial charge in [-0.2, -0.15) is 0 Å². The fraction of sp³-hybridized carbons (Fsp3) is 0.727. The molecule has 5 nitrogen and oxygen atoms in total. The highest BCUT2D eigenvalue weighted by Gasteiger charge is 2.35. The number of ether oxygens (including phenoxy) is 2. The number of hydrogen-bond acceptors (Lipinski definition) is 2. The van der Waals surface area contributed by atoms with Crippen LogP contribution >= 0.6 is 0 Å². The highest BCUT2D eigenvalue weighted by molar-refractivity contribution is 5.47. The van der Waals surface area contributed by atoms with E-state index in [-0.39, 0.29) is 37.2 Å². The summed E-state index contributed by atoms with van der Waals surface area (Å²) in [5.41, 5.74) is 2.92. The summed E-state index contributed by atoms with van der Waals surface area (Å²) in [7, 11) is 3.47. The van der Waals surface area contributed by atoms with Crippen LogP contribution in [0, 0.1) is 5.92 Å². The minimum atomic E-state index is 0. The Kier molecular flexibility index (Phi) is 12.1. The SMILES string of the molecule is COc1cc2c(cc1OC)C[NH+](C1CCC[NH+](CC3CC[NH2+]CC3)C1)CC2.[Cl-].[Cl-].[Cl-]. The molecule has 1 aromatic rings. The van der Waals surface area contributed by atoms with Crippen LogP contribution in [0.1, 0.15) is 36.8 Å². The van der Waals surface area contributed by atoms with Gasteiger partial charge >= 0.3 is 0 Å². The van der Waals surface area contributed by atoms with E-state index in [1.807, 2.05) is 4.90 Å². The van der Waals surface area contributed by atoms with E-state index in [4.69, 9.17) is 9.47 Å². The molecule has 4 N–H and O–H groups in total. The van der Waals surface area contributed by atoms with Crippen molar-refractivity contribution in [2.45, 2.75) is 44.7 Å². The molecule has 8 heteroatoms. The molecule has 3 unspecified atom stereocenters. The van der Waals surface area contributed by atoms with Crippen LogP contribution in [0.5, 0.6) is 11.5 Å². The van der Waals surface area contributed by atoms with Gasteiger partial charge in [0.05, 0.1) is 46.9 Å². The molecule has 0 amide bonds. The fourth-order valence-corrected chi connectivity index (χ4v) is 5.63. The Morgan fingerprint density at radius 1 is 0.933 bits per heavy atom. The zero-order chi connectivity index (χ0) is 18.6. The molecule has 0 bridgehead atoms. The van der Waals surface area contributed by atoms with Gasteiger partial charge in [0.15, 0.2) is 11.5 Å². The predicted molar refractivity (Wildman–Crippen MR) is 106 cm³/mol. The molecule has 3 aliphatic rings. The van der Waals surface area contributed by atoms with Crippen LogP contribution in [0.3, 0.4) is 0 Å². The average molecular weight is 483 g/mol. The normalized spacial score (nSPS) is 26.3. The van der Waals surface area contributed by atoms with Crippen LogP contribution in [0.2, 0.25) is 0 Å². The van der Waals surface area contributed by atoms with Gasteiger partial charge in [0.2, 0.25) is 0 Å². The van der Waals surface area contributed by atoms with E-state index in [0.29, 0.717) is 0 Å². The summed E-state index contributed by atoms with van der Waals surface area (Å²) in [4.78, 5) is 3.67. The van der Waals surface area contributed by atoms with Gasteiger partial charge in [-0.05, 0) is 17.7 Å². The lowest BCUT2D eigenvalue weighted by Crippen LogP contribution is -3.24. The van der Waals surface area contributed by atoms with E-state index in [2.05, 4.69) is 17.4 Å². The monoisotopic (exact) mass is 481 g/mol. The second kappa shape index (κ2) is 13.2. The fourth-order valence-electron chi connectivity index (χ4n) is 5.63. The molecule has 174 valence electrons. The smallest absolute Gasteiger partial charge is 0.161 e. The quantitative estimate of drug-likeness (QED) is 0.390. The second-order valence-electron chi connectivity index (χ2n) is 8.87. The summed E-state index contributed by atoms with van der Waals surface area (Å²) in [5, 5.41) is 2.49. The number of nitrogens with two attached hydrogens (primary N) is 1. The number of halogens is 3. The van der Waals surface area contributed by atoms with Gasteiger partial charge in [0.1, 0.15) is 19.1 Å². The summed E-state index contributed by atoms with van der Waals surface area (Å²) in [6.45, 7) is 9.29. The molecule has 2 saturated heterocycles. The van der Waals surface area contributed by atoms with Gasteiger partial charge in [-0.3, -0.25) is 0 Å². The number of rotatable bonds is 5. The maximum atomic E-state index is 5.54. The highest BCUT2D eigenvalue weighted by Crippen LogP contribution is 2.31. The van der Waals surface area contributed by atoms with Gasteiger partial charge in [0.25, 0.3) is 0 Å². The first-order chi connectivity index (χ1) is 13.3. The van der Waals surface area contributed by atoms with Crippen molar-refractivity contribution in [2.75, 3.05) is 53.5 Å². The van der Waals surface area contributed by atoms with Crippen molar-refractivity contribution < 1.29 is 61.8 Å². The van der Waals surface area contributed by atoms with E-state index in [1.54, 1.807) is 19.1 Å². The lowest BCUT2D eigenvalue weighted by Gasteiger charge is -2.38. The second-order valence-corrected chi connectivity index (χ2v) is 8.87. The average Bonchev–Trinajstić information content (AvgIpc) is 2.73. The highest BCUT2D eigenvalue weighted by atomic mass is 35.5. The predicted octanol–water partition coefficient (Wildman–Crippen LogP) is -10.3. The minimum Gasteiger partial charge on any atom is -1.00 e. The zero-order valence-corrected chi connectivity index (χ0v) is 20.6. The van der Waals surface area contributed by atoms with Crippen LogP contribution in [0.4, 0.5) is 0 Å². The Bertz CT molecular complexity index is 644. The summed E-state index contributed by atoms with van der Waals surface area (Å²) in [6, 6.07) is 5.24. The van der Waals surface area contributed by atoms with Crippen LogP contribution < -0.4 is 61.8 Å². The molecule has 3 aliphatic heterocycles. The molecule has 0 spiro atoms. The first kappa shape index (κ1) is 27.6. The third-order valence-corrected chi connectivity index (χ3v) is 7.17. The standard InChI is InChI=1S/C22H35N3O2.3ClH/c1-26-21-12-18-7-11-25(15-19(18)13-22(21)27-2)20-4-3-10-24(16-20)14-17-5-8-23-9-6-17;;;/h12-13,17,20,23H,3-11,14-16H2,1-2H3;3*1H. The topological polar surface area (TPSA) is 44.0 Å². The number of hydrogen-bond donors (Lipinski definition) is 3. The maximum absolute atomic E-state index is 5.54. The molecule has 0 saturated carbocycles. The first-order valence-corrected chi connectivity index (χ1v) is 11.0. The Morgan fingerprint density at radius 3 is 2.27 bits per heavy atom. The number of nitrogens with one attached hydrogen (secondary N) is 2. The Morgan fingerprint density at radius 2 is 1.60 bits per heavy atom. The minimum absolute atomic E-state index is 0. The molecule has 3 heterocycles. The van der Waals surface area contributed by atoms with E-state index in [1.165, 1.54) is 76.1 Å². The lowest BCUT2D eigenvalue weighted by atomic mass is 9.93. The molecule has 1 aromatic carbocycles. The number of piperidine rings is 2. The molecule has 3 atom stereocenters. The van der Waals surface area contributed by atoms with Crippen molar-refractivity contribution in [1.82, 2.24) is 0 Å². The first-order valence-electron chi connectivity index (χ1n) is 11.0. The molecule has 2 fully saturated rings. The van der Waals surface area contributed by atoms with Crippen LogP contribution in [-0.2, 0) is 13.0 Å². The molecule has 30 heavy (non-hydrogen) atoms. The van der Waals surface area contributed by atoms with Crippen LogP contribution in [-0.4, -0.2) is 59.5 Å². The number of likely N-dealkylation sites (tertiary alicyclic amines) is 1. The lowest BCUT2D eigenvalue weighted by molar-refractivity contribution is -0.994. The van der Waals surface area contributed by atoms with Crippen molar-refractivity contribution in [1.29, 1.82) is 0 Å². The number of quaternary nitrogens is 3. The molecule has 0 aromatic heterocycles. The molecule has 0 radical (unpaired) electrons. The Balaban J connectivity index is 0.00000150. The number of benzene rings is 1. The number of methoxy groups -OCH3 is 2. The summed E-state index contributed by atoms with van der Waals surface area (Å²) >= 11 is 0.